The molecule has 2 unspecified atom stereocenters. The second kappa shape index (κ2) is 6.35. The molecule has 2 nitrogen and oxygen atoms in total. The number of piperidine rings is 1. The van der Waals surface area contributed by atoms with E-state index in [-0.39, 0.29) is 6.04 Å². The van der Waals surface area contributed by atoms with E-state index in [1.807, 2.05) is 0 Å². The van der Waals surface area contributed by atoms with Crippen molar-refractivity contribution < 1.29 is 0 Å². The van der Waals surface area contributed by atoms with Gasteiger partial charge in [-0.2, -0.15) is 0 Å². The maximum Gasteiger partial charge on any atom is 0.0501 e. The first-order valence-electron chi connectivity index (χ1n) is 7.35. The fourth-order valence-corrected chi connectivity index (χ4v) is 3.21. The maximum atomic E-state index is 6.41. The lowest BCUT2D eigenvalue weighted by atomic mass is 9.87. The Balaban J connectivity index is 2.31. The van der Waals surface area contributed by atoms with Crippen LogP contribution < -0.4 is 5.73 Å². The number of aryl methyl sites for hydroxylation is 1. The molecule has 2 heteroatoms. The highest BCUT2D eigenvalue weighted by atomic mass is 15.2. The summed E-state index contributed by atoms with van der Waals surface area (Å²) in [5.74, 6) is 0. The number of nitrogens with two attached hydrogens (primary N) is 1. The largest absolute Gasteiger partial charge is 0.326 e. The van der Waals surface area contributed by atoms with E-state index in [9.17, 15) is 0 Å². The van der Waals surface area contributed by atoms with Crippen LogP contribution in [-0.4, -0.2) is 24.0 Å². The summed E-state index contributed by atoms with van der Waals surface area (Å²) in [6.45, 7) is 6.85. The van der Waals surface area contributed by atoms with Crippen molar-refractivity contribution in [3.05, 3.63) is 35.4 Å². The molecule has 1 heterocycles. The van der Waals surface area contributed by atoms with Crippen LogP contribution in [0.1, 0.15) is 50.3 Å². The van der Waals surface area contributed by atoms with Gasteiger partial charge < -0.3 is 5.73 Å². The predicted octanol–water partition coefficient (Wildman–Crippen LogP) is 3.12. The smallest absolute Gasteiger partial charge is 0.0501 e. The Bertz CT molecular complexity index is 373. The van der Waals surface area contributed by atoms with Crippen LogP contribution in [0, 0.1) is 0 Å². The van der Waals surface area contributed by atoms with Gasteiger partial charge in [0.05, 0.1) is 6.04 Å². The lowest BCUT2D eigenvalue weighted by Crippen LogP contribution is -2.46. The molecule has 1 fully saturated rings. The van der Waals surface area contributed by atoms with E-state index in [0.29, 0.717) is 6.04 Å². The molecule has 0 aliphatic carbocycles. The quantitative estimate of drug-likeness (QED) is 0.884. The van der Waals surface area contributed by atoms with Gasteiger partial charge in [0.25, 0.3) is 0 Å². The molecule has 2 N–H and O–H groups in total. The standard InChI is InChI=1S/C16H26N2/c1-3-11-18-12-7-10-15(17)16(18)14-9-6-5-8-13(14)4-2/h5-6,8-9,15-16H,3-4,7,10-12,17H2,1-2H3. The Morgan fingerprint density at radius 2 is 2.06 bits per heavy atom. The van der Waals surface area contributed by atoms with Crippen LogP contribution in [0.15, 0.2) is 24.3 Å². The van der Waals surface area contributed by atoms with Crippen molar-refractivity contribution in [1.82, 2.24) is 4.90 Å². The number of rotatable bonds is 4. The Hall–Kier alpha value is -0.860. The van der Waals surface area contributed by atoms with Crippen LogP contribution >= 0.6 is 0 Å². The number of nitrogens with zero attached hydrogens (tertiary/aromatic N) is 1. The highest BCUT2D eigenvalue weighted by Gasteiger charge is 2.30. The van der Waals surface area contributed by atoms with Crippen molar-refractivity contribution in [3.8, 4) is 0 Å². The fraction of sp³-hybridized carbons (Fsp3) is 0.625. The van der Waals surface area contributed by atoms with E-state index >= 15 is 0 Å². The minimum atomic E-state index is 0.290. The molecular formula is C16H26N2. The van der Waals surface area contributed by atoms with Gasteiger partial charge in [-0.05, 0) is 49.9 Å². The molecule has 2 atom stereocenters. The predicted molar refractivity (Wildman–Crippen MR) is 77.6 cm³/mol. The number of benzene rings is 1. The Kier molecular flexibility index (Phi) is 4.79. The normalized spacial score (nSPS) is 25.3. The zero-order valence-corrected chi connectivity index (χ0v) is 11.7. The monoisotopic (exact) mass is 246 g/mol. The van der Waals surface area contributed by atoms with E-state index in [1.165, 1.54) is 30.5 Å². The van der Waals surface area contributed by atoms with Gasteiger partial charge in [0, 0.05) is 6.04 Å². The van der Waals surface area contributed by atoms with Gasteiger partial charge in [-0.15, -0.1) is 0 Å². The van der Waals surface area contributed by atoms with E-state index in [1.54, 1.807) is 0 Å². The third-order valence-electron chi connectivity index (χ3n) is 4.05. The molecule has 100 valence electrons. The average molecular weight is 246 g/mol. The second-order valence-electron chi connectivity index (χ2n) is 5.34. The molecule has 0 aromatic heterocycles. The highest BCUT2D eigenvalue weighted by Crippen LogP contribution is 2.32. The Morgan fingerprint density at radius 1 is 1.28 bits per heavy atom. The van der Waals surface area contributed by atoms with Crippen molar-refractivity contribution in [3.63, 3.8) is 0 Å². The van der Waals surface area contributed by atoms with Crippen LogP contribution in [0.5, 0.6) is 0 Å². The molecule has 1 aliphatic rings. The molecule has 1 aromatic carbocycles. The van der Waals surface area contributed by atoms with Crippen molar-refractivity contribution >= 4 is 0 Å². The molecule has 0 amide bonds. The lowest BCUT2D eigenvalue weighted by molar-refractivity contribution is 0.128. The van der Waals surface area contributed by atoms with Gasteiger partial charge in [-0.1, -0.05) is 38.1 Å². The minimum Gasteiger partial charge on any atom is -0.326 e. The van der Waals surface area contributed by atoms with Crippen molar-refractivity contribution in [2.45, 2.75) is 51.6 Å². The first kappa shape index (κ1) is 13.6. The van der Waals surface area contributed by atoms with E-state index in [0.717, 1.165) is 19.4 Å². The van der Waals surface area contributed by atoms with E-state index in [2.05, 4.69) is 43.0 Å². The number of likely N-dealkylation sites (tertiary alicyclic amines) is 1. The summed E-state index contributed by atoms with van der Waals surface area (Å²) in [6.07, 6.45) is 4.70. The SMILES string of the molecule is CCCN1CCCC(N)C1c1ccccc1CC. The summed E-state index contributed by atoms with van der Waals surface area (Å²) in [7, 11) is 0. The number of hydrogen-bond donors (Lipinski definition) is 1. The van der Waals surface area contributed by atoms with Crippen LogP contribution in [0.3, 0.4) is 0 Å². The van der Waals surface area contributed by atoms with Gasteiger partial charge >= 0.3 is 0 Å². The highest BCUT2D eigenvalue weighted by molar-refractivity contribution is 5.31. The third kappa shape index (κ3) is 2.76. The number of hydrogen-bond acceptors (Lipinski definition) is 2. The maximum absolute atomic E-state index is 6.41. The molecule has 1 aliphatic heterocycles. The summed E-state index contributed by atoms with van der Waals surface area (Å²) in [5.41, 5.74) is 9.33. The van der Waals surface area contributed by atoms with Gasteiger partial charge in [0.1, 0.15) is 0 Å². The van der Waals surface area contributed by atoms with Crippen LogP contribution in [-0.2, 0) is 6.42 Å². The van der Waals surface area contributed by atoms with E-state index < -0.39 is 0 Å². The molecule has 0 bridgehead atoms. The topological polar surface area (TPSA) is 29.3 Å². The molecule has 0 radical (unpaired) electrons. The zero-order chi connectivity index (χ0) is 13.0. The third-order valence-corrected chi connectivity index (χ3v) is 4.05. The van der Waals surface area contributed by atoms with Crippen molar-refractivity contribution in [2.24, 2.45) is 5.73 Å². The molecule has 0 spiro atoms. The zero-order valence-electron chi connectivity index (χ0n) is 11.7. The van der Waals surface area contributed by atoms with E-state index in [4.69, 9.17) is 5.73 Å². The lowest BCUT2D eigenvalue weighted by Gasteiger charge is -2.40. The summed E-state index contributed by atoms with van der Waals surface area (Å²) < 4.78 is 0. The van der Waals surface area contributed by atoms with Gasteiger partial charge in [-0.3, -0.25) is 4.90 Å². The summed E-state index contributed by atoms with van der Waals surface area (Å²) in [4.78, 5) is 2.59. The summed E-state index contributed by atoms with van der Waals surface area (Å²) >= 11 is 0. The van der Waals surface area contributed by atoms with Crippen molar-refractivity contribution in [1.29, 1.82) is 0 Å². The van der Waals surface area contributed by atoms with Gasteiger partial charge in [0.15, 0.2) is 0 Å². The summed E-state index contributed by atoms with van der Waals surface area (Å²) in [5, 5.41) is 0. The first-order valence-corrected chi connectivity index (χ1v) is 7.35. The van der Waals surface area contributed by atoms with Gasteiger partial charge in [0.2, 0.25) is 0 Å². The molecule has 1 aromatic rings. The summed E-state index contributed by atoms with van der Waals surface area (Å²) in [6, 6.07) is 9.53. The molecule has 0 saturated carbocycles. The average Bonchev–Trinajstić information content (AvgIpc) is 2.39. The molecular weight excluding hydrogens is 220 g/mol. The molecule has 1 saturated heterocycles. The van der Waals surface area contributed by atoms with Crippen LogP contribution in [0.4, 0.5) is 0 Å². The van der Waals surface area contributed by atoms with Crippen LogP contribution in [0.2, 0.25) is 0 Å². The fourth-order valence-electron chi connectivity index (χ4n) is 3.21. The Labute approximate surface area is 111 Å². The van der Waals surface area contributed by atoms with Crippen molar-refractivity contribution in [2.75, 3.05) is 13.1 Å². The Morgan fingerprint density at radius 3 is 2.78 bits per heavy atom. The van der Waals surface area contributed by atoms with Crippen LogP contribution in [0.25, 0.3) is 0 Å². The molecule has 18 heavy (non-hydrogen) atoms. The molecule has 2 rings (SSSR count). The first-order chi connectivity index (χ1) is 8.77. The second-order valence-corrected chi connectivity index (χ2v) is 5.34. The van der Waals surface area contributed by atoms with Gasteiger partial charge in [-0.25, -0.2) is 0 Å². The minimum absolute atomic E-state index is 0.290.